The van der Waals surface area contributed by atoms with Gasteiger partial charge in [0.05, 0.1) is 33.3 Å². The van der Waals surface area contributed by atoms with Crippen LogP contribution in [0.5, 0.6) is 5.75 Å². The first-order chi connectivity index (χ1) is 13.6. The largest absolute Gasteiger partial charge is 0.497 e. The molecule has 0 saturated carbocycles. The summed E-state index contributed by atoms with van der Waals surface area (Å²) in [5.74, 6) is 0.741. The number of ether oxygens (including phenoxy) is 1. The molecule has 1 N–H and O–H groups in total. The van der Waals surface area contributed by atoms with Crippen molar-refractivity contribution in [3.8, 4) is 5.75 Å². The quantitative estimate of drug-likeness (QED) is 0.695. The van der Waals surface area contributed by atoms with Crippen molar-refractivity contribution in [3.05, 3.63) is 76.1 Å². The van der Waals surface area contributed by atoms with Crippen molar-refractivity contribution in [1.82, 2.24) is 4.90 Å². The Labute approximate surface area is 162 Å². The zero-order valence-electron chi connectivity index (χ0n) is 15.8. The zero-order valence-corrected chi connectivity index (χ0v) is 15.8. The fraction of sp³-hybridized carbons (Fsp3) is 0.273. The molecular weight excluding hydrogens is 356 g/mol. The smallest absolute Gasteiger partial charge is 0.336 e. The third-order valence-electron chi connectivity index (χ3n) is 5.26. The van der Waals surface area contributed by atoms with E-state index in [2.05, 4.69) is 0 Å². The number of nitrogens with zero attached hydrogens (tertiary/aromatic N) is 1. The van der Waals surface area contributed by atoms with E-state index < -0.39 is 0 Å². The van der Waals surface area contributed by atoms with Crippen LogP contribution in [-0.2, 0) is 6.54 Å². The summed E-state index contributed by atoms with van der Waals surface area (Å²) >= 11 is 0. The van der Waals surface area contributed by atoms with Crippen LogP contribution in [0.25, 0.3) is 11.0 Å². The molecule has 0 radical (unpaired) electrons. The van der Waals surface area contributed by atoms with Crippen LogP contribution in [0.15, 0.2) is 63.8 Å². The summed E-state index contributed by atoms with van der Waals surface area (Å²) in [4.78, 5) is 27.8. The summed E-state index contributed by atoms with van der Waals surface area (Å²) in [7, 11) is 1.59. The van der Waals surface area contributed by atoms with E-state index in [1.807, 2.05) is 47.4 Å². The maximum absolute atomic E-state index is 12.6. The lowest BCUT2D eigenvalue weighted by Gasteiger charge is -2.32. The second-order valence-corrected chi connectivity index (χ2v) is 7.04. The minimum atomic E-state index is -0.354. The molecule has 28 heavy (non-hydrogen) atoms. The summed E-state index contributed by atoms with van der Waals surface area (Å²) in [6.45, 7) is 3.82. The number of benzene rings is 2. The molecule has 1 fully saturated rings. The normalized spacial score (nSPS) is 15.0. The Morgan fingerprint density at radius 1 is 1.11 bits per heavy atom. The number of hydrogen-bond acceptors (Lipinski definition) is 4. The van der Waals surface area contributed by atoms with Crippen molar-refractivity contribution in [2.45, 2.75) is 6.54 Å². The predicted octanol–water partition coefficient (Wildman–Crippen LogP) is 1.34. The van der Waals surface area contributed by atoms with E-state index in [-0.39, 0.29) is 11.5 Å². The van der Waals surface area contributed by atoms with E-state index in [4.69, 9.17) is 9.15 Å². The van der Waals surface area contributed by atoms with Crippen molar-refractivity contribution in [1.29, 1.82) is 0 Å². The van der Waals surface area contributed by atoms with Crippen molar-refractivity contribution in [2.24, 2.45) is 0 Å². The van der Waals surface area contributed by atoms with Crippen molar-refractivity contribution in [3.63, 3.8) is 0 Å². The monoisotopic (exact) mass is 379 g/mol. The summed E-state index contributed by atoms with van der Waals surface area (Å²) in [5, 5.41) is 0.927. The molecule has 0 unspecified atom stereocenters. The van der Waals surface area contributed by atoms with Gasteiger partial charge in [0.25, 0.3) is 5.91 Å². The maximum Gasteiger partial charge on any atom is 0.336 e. The summed E-state index contributed by atoms with van der Waals surface area (Å²) in [6.07, 6.45) is 0. The Kier molecular flexibility index (Phi) is 5.12. The van der Waals surface area contributed by atoms with Crippen LogP contribution in [0, 0.1) is 0 Å². The molecule has 3 aromatic rings. The minimum Gasteiger partial charge on any atom is -0.497 e. The SMILES string of the molecule is COc1ccc2c(C[NH+]3CCN(C(=O)c4ccccc4)CC3)cc(=O)oc2c1. The first-order valence-corrected chi connectivity index (χ1v) is 9.43. The fourth-order valence-corrected chi connectivity index (χ4v) is 3.72. The van der Waals surface area contributed by atoms with Crippen LogP contribution in [0.4, 0.5) is 0 Å². The molecule has 0 spiro atoms. The van der Waals surface area contributed by atoms with E-state index in [0.29, 0.717) is 24.4 Å². The number of carbonyl (C=O) groups is 1. The summed E-state index contributed by atoms with van der Waals surface area (Å²) in [5.41, 5.74) is 1.88. The molecule has 4 rings (SSSR count). The summed E-state index contributed by atoms with van der Waals surface area (Å²) < 4.78 is 10.6. The van der Waals surface area contributed by atoms with Crippen molar-refractivity contribution < 1.29 is 18.8 Å². The van der Waals surface area contributed by atoms with Crippen LogP contribution in [0.3, 0.4) is 0 Å². The van der Waals surface area contributed by atoms with Crippen LogP contribution < -0.4 is 15.3 Å². The molecule has 1 aliphatic heterocycles. The highest BCUT2D eigenvalue weighted by molar-refractivity contribution is 5.94. The van der Waals surface area contributed by atoms with Crippen LogP contribution in [-0.4, -0.2) is 44.1 Å². The molecule has 6 heteroatoms. The van der Waals surface area contributed by atoms with Crippen LogP contribution in [0.1, 0.15) is 15.9 Å². The van der Waals surface area contributed by atoms with Gasteiger partial charge >= 0.3 is 5.63 Å². The average Bonchev–Trinajstić information content (AvgIpc) is 2.74. The number of hydrogen-bond donors (Lipinski definition) is 1. The first kappa shape index (κ1) is 18.3. The minimum absolute atomic E-state index is 0.0811. The molecule has 2 heterocycles. The third-order valence-corrected chi connectivity index (χ3v) is 5.26. The van der Waals surface area contributed by atoms with Gasteiger partial charge in [0, 0.05) is 28.6 Å². The lowest BCUT2D eigenvalue weighted by atomic mass is 10.1. The topological polar surface area (TPSA) is 64.2 Å². The second kappa shape index (κ2) is 7.86. The molecule has 1 aromatic heterocycles. The molecular formula is C22H23N2O4+. The van der Waals surface area contributed by atoms with Gasteiger partial charge in [0.1, 0.15) is 17.9 Å². The molecule has 0 bridgehead atoms. The number of methoxy groups -OCH3 is 1. The van der Waals surface area contributed by atoms with Gasteiger partial charge in [0.2, 0.25) is 0 Å². The van der Waals surface area contributed by atoms with E-state index in [1.54, 1.807) is 19.2 Å². The van der Waals surface area contributed by atoms with Gasteiger partial charge in [-0.1, -0.05) is 18.2 Å². The molecule has 6 nitrogen and oxygen atoms in total. The second-order valence-electron chi connectivity index (χ2n) is 7.04. The van der Waals surface area contributed by atoms with Crippen molar-refractivity contribution >= 4 is 16.9 Å². The number of amides is 1. The van der Waals surface area contributed by atoms with E-state index in [1.165, 1.54) is 4.90 Å². The number of nitrogens with one attached hydrogen (secondary N) is 1. The number of fused-ring (bicyclic) bond motifs is 1. The third kappa shape index (κ3) is 3.77. The number of quaternary nitrogens is 1. The standard InChI is InChI=1S/C22H22N2O4/c1-27-18-7-8-19-17(13-21(25)28-20(19)14-18)15-23-9-11-24(12-10-23)22(26)16-5-3-2-4-6-16/h2-8,13-14H,9-12,15H2,1H3/p+1. The fourth-order valence-electron chi connectivity index (χ4n) is 3.72. The molecule has 0 aliphatic carbocycles. The molecule has 0 atom stereocenters. The predicted molar refractivity (Wildman–Crippen MR) is 106 cm³/mol. The van der Waals surface area contributed by atoms with Gasteiger partial charge in [-0.25, -0.2) is 4.79 Å². The van der Waals surface area contributed by atoms with Crippen LogP contribution in [0.2, 0.25) is 0 Å². The molecule has 2 aromatic carbocycles. The van der Waals surface area contributed by atoms with Crippen molar-refractivity contribution in [2.75, 3.05) is 33.3 Å². The molecule has 1 saturated heterocycles. The van der Waals surface area contributed by atoms with Gasteiger partial charge in [-0.3, -0.25) is 4.79 Å². The van der Waals surface area contributed by atoms with Gasteiger partial charge in [-0.2, -0.15) is 0 Å². The number of carbonyl (C=O) groups excluding carboxylic acids is 1. The lowest BCUT2D eigenvalue weighted by Crippen LogP contribution is -3.13. The van der Waals surface area contributed by atoms with Gasteiger partial charge in [0.15, 0.2) is 0 Å². The average molecular weight is 379 g/mol. The molecule has 1 aliphatic rings. The highest BCUT2D eigenvalue weighted by atomic mass is 16.5. The Morgan fingerprint density at radius 2 is 1.86 bits per heavy atom. The van der Waals surface area contributed by atoms with Crippen LogP contribution >= 0.6 is 0 Å². The molecule has 1 amide bonds. The van der Waals surface area contributed by atoms with E-state index in [0.717, 1.165) is 36.1 Å². The van der Waals surface area contributed by atoms with E-state index in [9.17, 15) is 9.59 Å². The summed E-state index contributed by atoms with van der Waals surface area (Å²) in [6, 6.07) is 16.5. The highest BCUT2D eigenvalue weighted by Gasteiger charge is 2.25. The zero-order chi connectivity index (χ0) is 19.5. The molecule has 144 valence electrons. The highest BCUT2D eigenvalue weighted by Crippen LogP contribution is 2.22. The Hall–Kier alpha value is -3.12. The Balaban J connectivity index is 1.46. The number of rotatable bonds is 4. The van der Waals surface area contributed by atoms with Gasteiger partial charge in [-0.15, -0.1) is 0 Å². The Morgan fingerprint density at radius 3 is 2.57 bits per heavy atom. The Bertz CT molecular complexity index is 1040. The lowest BCUT2D eigenvalue weighted by molar-refractivity contribution is -0.917. The van der Waals surface area contributed by atoms with E-state index >= 15 is 0 Å². The maximum atomic E-state index is 12.6. The number of piperazine rings is 1. The van der Waals surface area contributed by atoms with Gasteiger partial charge < -0.3 is 19.0 Å². The first-order valence-electron chi connectivity index (χ1n) is 9.43. The van der Waals surface area contributed by atoms with Gasteiger partial charge in [-0.05, 0) is 24.3 Å².